The van der Waals surface area contributed by atoms with Crippen LogP contribution < -0.4 is 10.1 Å². The van der Waals surface area contributed by atoms with E-state index < -0.39 is 36.1 Å². The lowest BCUT2D eigenvalue weighted by Gasteiger charge is -2.17. The van der Waals surface area contributed by atoms with E-state index in [1.807, 2.05) is 6.92 Å². The molecule has 170 valence electrons. The summed E-state index contributed by atoms with van der Waals surface area (Å²) in [6, 6.07) is 5.92. The van der Waals surface area contributed by atoms with E-state index in [-0.39, 0.29) is 18.3 Å². The fourth-order valence-corrected chi connectivity index (χ4v) is 3.41. The molecule has 0 bridgehead atoms. The van der Waals surface area contributed by atoms with E-state index in [9.17, 15) is 25.4 Å². The summed E-state index contributed by atoms with van der Waals surface area (Å²) in [6.45, 7) is 2.04. The Hall–Kier alpha value is -3.39. The molecule has 13 heteroatoms. The number of imidazole rings is 1. The van der Waals surface area contributed by atoms with Crippen molar-refractivity contribution in [2.75, 3.05) is 18.5 Å². The second kappa shape index (κ2) is 9.00. The van der Waals surface area contributed by atoms with Gasteiger partial charge in [-0.3, -0.25) is 14.7 Å². The smallest absolute Gasteiger partial charge is 0.320 e. The van der Waals surface area contributed by atoms with E-state index >= 15 is 0 Å². The Bertz CT molecular complexity index is 1110. The summed E-state index contributed by atoms with van der Waals surface area (Å²) in [5.74, 6) is 0.404. The average Bonchev–Trinajstić information content (AvgIpc) is 3.33. The maximum absolute atomic E-state index is 10.8. The summed E-state index contributed by atoms with van der Waals surface area (Å²) in [7, 11) is 0. The molecule has 0 radical (unpaired) electrons. The molecular formula is C19H22N6O7. The number of fused-ring (bicyclic) bond motifs is 1. The predicted octanol–water partition coefficient (Wildman–Crippen LogP) is 0.357. The fraction of sp³-hybridized carbons (Fsp3) is 0.421. The number of aliphatic hydroxyl groups is 3. The minimum Gasteiger partial charge on any atom is -0.458 e. The summed E-state index contributed by atoms with van der Waals surface area (Å²) in [4.78, 5) is 23.3. The minimum atomic E-state index is -1.30. The van der Waals surface area contributed by atoms with Crippen LogP contribution in [0.15, 0.2) is 30.6 Å². The van der Waals surface area contributed by atoms with E-state index in [2.05, 4.69) is 20.3 Å². The molecule has 0 saturated carbocycles. The third kappa shape index (κ3) is 4.05. The van der Waals surface area contributed by atoms with Gasteiger partial charge in [0.05, 0.1) is 17.9 Å². The van der Waals surface area contributed by atoms with Gasteiger partial charge in [0, 0.05) is 18.7 Å². The molecule has 32 heavy (non-hydrogen) atoms. The number of anilines is 1. The molecule has 1 saturated heterocycles. The molecule has 13 nitrogen and oxygen atoms in total. The van der Waals surface area contributed by atoms with Crippen LogP contribution in [0.2, 0.25) is 0 Å². The van der Waals surface area contributed by atoms with Crippen molar-refractivity contribution in [2.45, 2.75) is 38.1 Å². The third-order valence-corrected chi connectivity index (χ3v) is 5.05. The van der Waals surface area contributed by atoms with Crippen molar-refractivity contribution in [2.24, 2.45) is 0 Å². The van der Waals surface area contributed by atoms with Gasteiger partial charge in [-0.15, -0.1) is 0 Å². The molecule has 1 aromatic carbocycles. The molecule has 4 N–H and O–H groups in total. The zero-order valence-corrected chi connectivity index (χ0v) is 17.0. The van der Waals surface area contributed by atoms with E-state index in [1.165, 1.54) is 23.0 Å². The Kier molecular flexibility index (Phi) is 6.14. The molecule has 1 fully saturated rings. The highest BCUT2D eigenvalue weighted by Gasteiger charge is 2.44. The first-order chi connectivity index (χ1) is 15.4. The quantitative estimate of drug-likeness (QED) is 0.277. The molecule has 3 aromatic rings. The third-order valence-electron chi connectivity index (χ3n) is 5.05. The SMILES string of the molecule is CCNc1nc(OCc2ccc([N+](=O)[O-])cc2)nc2c1ncn2[C@@H]1O[C@H](CO)C(O)C1O. The van der Waals surface area contributed by atoms with Crippen molar-refractivity contribution in [3.05, 3.63) is 46.3 Å². The number of benzene rings is 1. The van der Waals surface area contributed by atoms with Crippen LogP contribution in [-0.2, 0) is 11.3 Å². The van der Waals surface area contributed by atoms with Crippen LogP contribution in [-0.4, -0.2) is 71.2 Å². The summed E-state index contributed by atoms with van der Waals surface area (Å²) < 4.78 is 12.7. The molecule has 0 aliphatic carbocycles. The molecular weight excluding hydrogens is 424 g/mol. The van der Waals surface area contributed by atoms with Gasteiger partial charge in [-0.2, -0.15) is 9.97 Å². The Balaban J connectivity index is 1.63. The van der Waals surface area contributed by atoms with Crippen LogP contribution >= 0.6 is 0 Å². The van der Waals surface area contributed by atoms with Gasteiger partial charge in [0.1, 0.15) is 24.9 Å². The lowest BCUT2D eigenvalue weighted by Crippen LogP contribution is -2.33. The summed E-state index contributed by atoms with van der Waals surface area (Å²) in [5, 5.41) is 43.7. The topological polar surface area (TPSA) is 178 Å². The number of nitrogens with zero attached hydrogens (tertiary/aromatic N) is 5. The van der Waals surface area contributed by atoms with E-state index in [4.69, 9.17) is 9.47 Å². The van der Waals surface area contributed by atoms with Gasteiger partial charge in [0.2, 0.25) is 0 Å². The second-order valence-electron chi connectivity index (χ2n) is 7.15. The first kappa shape index (κ1) is 21.8. The van der Waals surface area contributed by atoms with Crippen molar-refractivity contribution in [3.8, 4) is 6.01 Å². The summed E-state index contributed by atoms with van der Waals surface area (Å²) >= 11 is 0. The number of hydrogen-bond acceptors (Lipinski definition) is 11. The predicted molar refractivity (Wildman–Crippen MR) is 110 cm³/mol. The molecule has 0 amide bonds. The molecule has 4 rings (SSSR count). The highest BCUT2D eigenvalue weighted by molar-refractivity contribution is 5.83. The zero-order chi connectivity index (χ0) is 22.8. The Morgan fingerprint density at radius 3 is 2.62 bits per heavy atom. The number of aromatic nitrogens is 4. The molecule has 3 heterocycles. The van der Waals surface area contributed by atoms with E-state index in [0.29, 0.717) is 29.1 Å². The number of rotatable bonds is 8. The van der Waals surface area contributed by atoms with Crippen LogP contribution in [0.3, 0.4) is 0 Å². The maximum atomic E-state index is 10.8. The number of ether oxygens (including phenoxy) is 2. The minimum absolute atomic E-state index is 0.0142. The number of nitro benzene ring substituents is 1. The van der Waals surface area contributed by atoms with Crippen molar-refractivity contribution in [1.29, 1.82) is 0 Å². The van der Waals surface area contributed by atoms with Crippen molar-refractivity contribution < 1.29 is 29.7 Å². The molecule has 2 unspecified atom stereocenters. The van der Waals surface area contributed by atoms with Crippen LogP contribution in [0.25, 0.3) is 11.2 Å². The number of non-ortho nitro benzene ring substituents is 1. The van der Waals surface area contributed by atoms with Gasteiger partial charge in [0.25, 0.3) is 5.69 Å². The molecule has 0 spiro atoms. The number of hydrogen-bond donors (Lipinski definition) is 4. The van der Waals surface area contributed by atoms with E-state index in [1.54, 1.807) is 12.1 Å². The van der Waals surface area contributed by atoms with Crippen molar-refractivity contribution in [1.82, 2.24) is 19.5 Å². The van der Waals surface area contributed by atoms with Crippen molar-refractivity contribution >= 4 is 22.7 Å². The maximum Gasteiger partial charge on any atom is 0.320 e. The summed E-state index contributed by atoms with van der Waals surface area (Å²) in [5.41, 5.74) is 1.36. The monoisotopic (exact) mass is 446 g/mol. The van der Waals surface area contributed by atoms with Gasteiger partial charge in [-0.1, -0.05) is 0 Å². The summed E-state index contributed by atoms with van der Waals surface area (Å²) in [6.07, 6.45) is -3.12. The molecule has 2 aromatic heterocycles. The highest BCUT2D eigenvalue weighted by Crippen LogP contribution is 2.33. The van der Waals surface area contributed by atoms with Gasteiger partial charge < -0.3 is 30.1 Å². The van der Waals surface area contributed by atoms with Crippen LogP contribution in [0.1, 0.15) is 18.7 Å². The standard InChI is InChI=1S/C19H22N6O7/c1-2-20-16-13-17(24(9-21-13)18-15(28)14(27)12(7-26)32-18)23-19(22-16)31-8-10-3-5-11(6-4-10)25(29)30/h3-6,9,12,14-15,18,26-28H,2,7-8H2,1H3,(H,20,22,23)/t12-,14?,15?,18-/m1/s1. The lowest BCUT2D eigenvalue weighted by atomic mass is 10.1. The van der Waals surface area contributed by atoms with Gasteiger partial charge >= 0.3 is 6.01 Å². The lowest BCUT2D eigenvalue weighted by molar-refractivity contribution is -0.384. The Morgan fingerprint density at radius 1 is 1.25 bits per heavy atom. The van der Waals surface area contributed by atoms with Crippen LogP contribution in [0, 0.1) is 10.1 Å². The number of nitro groups is 1. The van der Waals surface area contributed by atoms with Crippen LogP contribution in [0.4, 0.5) is 11.5 Å². The highest BCUT2D eigenvalue weighted by atomic mass is 16.6. The normalized spacial score (nSPS) is 22.9. The van der Waals surface area contributed by atoms with Crippen molar-refractivity contribution in [3.63, 3.8) is 0 Å². The number of nitrogens with one attached hydrogen (secondary N) is 1. The van der Waals surface area contributed by atoms with Gasteiger partial charge in [0.15, 0.2) is 23.2 Å². The first-order valence-electron chi connectivity index (χ1n) is 9.90. The van der Waals surface area contributed by atoms with Gasteiger partial charge in [-0.05, 0) is 24.6 Å². The molecule has 4 atom stereocenters. The van der Waals surface area contributed by atoms with Crippen LogP contribution in [0.5, 0.6) is 6.01 Å². The fourth-order valence-electron chi connectivity index (χ4n) is 3.41. The zero-order valence-electron chi connectivity index (χ0n) is 17.0. The average molecular weight is 446 g/mol. The second-order valence-corrected chi connectivity index (χ2v) is 7.15. The Morgan fingerprint density at radius 2 is 2.00 bits per heavy atom. The Labute approximate surface area is 181 Å². The first-order valence-corrected chi connectivity index (χ1v) is 9.90. The molecule has 1 aliphatic rings. The molecule has 1 aliphatic heterocycles. The largest absolute Gasteiger partial charge is 0.458 e. The number of aliphatic hydroxyl groups excluding tert-OH is 3. The van der Waals surface area contributed by atoms with Gasteiger partial charge in [-0.25, -0.2) is 4.98 Å². The van der Waals surface area contributed by atoms with E-state index in [0.717, 1.165) is 0 Å².